The van der Waals surface area contributed by atoms with Crippen LogP contribution >= 0.6 is 0 Å². The maximum Gasteiger partial charge on any atom is 0.339 e. The second-order valence-electron chi connectivity index (χ2n) is 4.93. The van der Waals surface area contributed by atoms with Gasteiger partial charge in [-0.2, -0.15) is 0 Å². The zero-order valence-electron chi connectivity index (χ0n) is 12.1. The molecule has 1 amide bonds. The number of benzene rings is 1. The monoisotopic (exact) mass is 292 g/mol. The van der Waals surface area contributed by atoms with E-state index in [1.807, 2.05) is 4.90 Å². The van der Waals surface area contributed by atoms with Crippen LogP contribution in [0, 0.1) is 0 Å². The van der Waals surface area contributed by atoms with E-state index in [1.165, 1.54) is 6.07 Å². The number of carboxylic acid groups (broad SMARTS) is 1. The van der Waals surface area contributed by atoms with Crippen LogP contribution in [0.4, 0.5) is 5.69 Å². The first-order chi connectivity index (χ1) is 10.1. The molecule has 2 N–H and O–H groups in total. The van der Waals surface area contributed by atoms with E-state index in [2.05, 4.69) is 12.2 Å². The van der Waals surface area contributed by atoms with Gasteiger partial charge < -0.3 is 20.1 Å². The van der Waals surface area contributed by atoms with Gasteiger partial charge in [-0.25, -0.2) is 4.79 Å². The Morgan fingerprint density at radius 3 is 2.95 bits per heavy atom. The molecule has 6 nitrogen and oxygen atoms in total. The number of anilines is 1. The molecule has 0 spiro atoms. The Morgan fingerprint density at radius 2 is 2.24 bits per heavy atom. The van der Waals surface area contributed by atoms with Gasteiger partial charge in [0.15, 0.2) is 5.75 Å². The number of aromatic carboxylic acids is 1. The molecular formula is C15H20N2O4. The lowest BCUT2D eigenvalue weighted by atomic mass is 10.1. The van der Waals surface area contributed by atoms with Crippen LogP contribution in [0.1, 0.15) is 30.1 Å². The summed E-state index contributed by atoms with van der Waals surface area (Å²) in [5.41, 5.74) is 0.787. The van der Waals surface area contributed by atoms with Crippen LogP contribution < -0.4 is 15.0 Å². The SMILES string of the molecule is CCCCNC(=O)CN1CCOc2c(C(=O)O)cccc21. The molecule has 1 heterocycles. The number of hydrogen-bond donors (Lipinski definition) is 2. The molecule has 1 aromatic rings. The van der Waals surface area contributed by atoms with Gasteiger partial charge in [-0.15, -0.1) is 0 Å². The van der Waals surface area contributed by atoms with Gasteiger partial charge in [0.05, 0.1) is 18.8 Å². The molecule has 6 heteroatoms. The average Bonchev–Trinajstić information content (AvgIpc) is 2.47. The lowest BCUT2D eigenvalue weighted by Gasteiger charge is -2.31. The lowest BCUT2D eigenvalue weighted by Crippen LogP contribution is -2.41. The van der Waals surface area contributed by atoms with E-state index in [9.17, 15) is 14.7 Å². The van der Waals surface area contributed by atoms with E-state index in [-0.39, 0.29) is 18.0 Å². The molecule has 2 rings (SSSR count). The summed E-state index contributed by atoms with van der Waals surface area (Å²) in [6, 6.07) is 4.95. The first kappa shape index (κ1) is 15.2. The van der Waals surface area contributed by atoms with Gasteiger partial charge in [-0.05, 0) is 18.6 Å². The van der Waals surface area contributed by atoms with Crippen LogP contribution in [-0.4, -0.2) is 43.2 Å². The zero-order valence-corrected chi connectivity index (χ0v) is 12.1. The average molecular weight is 292 g/mol. The number of fused-ring (bicyclic) bond motifs is 1. The van der Waals surface area contributed by atoms with Crippen molar-refractivity contribution in [2.75, 3.05) is 31.1 Å². The quantitative estimate of drug-likeness (QED) is 0.777. The van der Waals surface area contributed by atoms with Crippen LogP contribution in [0.5, 0.6) is 5.75 Å². The first-order valence-corrected chi connectivity index (χ1v) is 7.14. The number of amides is 1. The summed E-state index contributed by atoms with van der Waals surface area (Å²) in [5, 5.41) is 12.0. The fourth-order valence-corrected chi connectivity index (χ4v) is 2.27. The van der Waals surface area contributed by atoms with Crippen LogP contribution in [-0.2, 0) is 4.79 Å². The number of para-hydroxylation sites is 1. The van der Waals surface area contributed by atoms with Crippen molar-refractivity contribution in [3.63, 3.8) is 0 Å². The predicted octanol–water partition coefficient (Wildman–Crippen LogP) is 1.50. The molecule has 0 atom stereocenters. The largest absolute Gasteiger partial charge is 0.489 e. The van der Waals surface area contributed by atoms with Crippen molar-refractivity contribution in [2.45, 2.75) is 19.8 Å². The zero-order chi connectivity index (χ0) is 15.2. The van der Waals surface area contributed by atoms with Gasteiger partial charge in [0.25, 0.3) is 0 Å². The minimum atomic E-state index is -1.03. The summed E-state index contributed by atoms with van der Waals surface area (Å²) < 4.78 is 5.47. The Kier molecular flexibility index (Phi) is 5.03. The first-order valence-electron chi connectivity index (χ1n) is 7.14. The molecule has 1 aliphatic rings. The van der Waals surface area contributed by atoms with Crippen molar-refractivity contribution in [1.29, 1.82) is 0 Å². The number of carbonyl (C=O) groups excluding carboxylic acids is 1. The number of carboxylic acids is 1. The minimum Gasteiger partial charge on any atom is -0.489 e. The van der Waals surface area contributed by atoms with E-state index < -0.39 is 5.97 Å². The van der Waals surface area contributed by atoms with E-state index in [0.29, 0.717) is 31.1 Å². The van der Waals surface area contributed by atoms with E-state index in [1.54, 1.807) is 12.1 Å². The van der Waals surface area contributed by atoms with E-state index in [0.717, 1.165) is 12.8 Å². The summed E-state index contributed by atoms with van der Waals surface area (Å²) >= 11 is 0. The molecule has 0 aliphatic carbocycles. The second-order valence-corrected chi connectivity index (χ2v) is 4.93. The lowest BCUT2D eigenvalue weighted by molar-refractivity contribution is -0.119. The van der Waals surface area contributed by atoms with Gasteiger partial charge in [0.1, 0.15) is 12.2 Å². The van der Waals surface area contributed by atoms with Crippen molar-refractivity contribution in [2.24, 2.45) is 0 Å². The molecule has 1 aromatic carbocycles. The van der Waals surface area contributed by atoms with E-state index in [4.69, 9.17) is 4.74 Å². The van der Waals surface area contributed by atoms with Crippen LogP contribution in [0.2, 0.25) is 0 Å². The Labute approximate surface area is 123 Å². The third-order valence-electron chi connectivity index (χ3n) is 3.36. The number of nitrogens with zero attached hydrogens (tertiary/aromatic N) is 1. The maximum absolute atomic E-state index is 11.9. The standard InChI is InChI=1S/C15H20N2O4/c1-2-3-7-16-13(18)10-17-8-9-21-14-11(15(19)20)5-4-6-12(14)17/h4-6H,2-3,7-10H2,1H3,(H,16,18)(H,19,20). The maximum atomic E-state index is 11.9. The summed E-state index contributed by atoms with van der Waals surface area (Å²) in [5.74, 6) is -0.740. The number of nitrogens with one attached hydrogen (secondary N) is 1. The van der Waals surface area contributed by atoms with E-state index >= 15 is 0 Å². The highest BCUT2D eigenvalue weighted by Crippen LogP contribution is 2.34. The third kappa shape index (κ3) is 3.65. The normalized spacial score (nSPS) is 13.3. The van der Waals surface area contributed by atoms with Crippen molar-refractivity contribution < 1.29 is 19.4 Å². The van der Waals surface area contributed by atoms with Gasteiger partial charge in [0.2, 0.25) is 5.91 Å². The molecule has 0 saturated carbocycles. The summed E-state index contributed by atoms with van der Waals surface area (Å²) in [6.07, 6.45) is 1.98. The molecule has 0 aromatic heterocycles. The topological polar surface area (TPSA) is 78.9 Å². The molecule has 0 radical (unpaired) electrons. The fourth-order valence-electron chi connectivity index (χ4n) is 2.27. The van der Waals surface area contributed by atoms with Crippen LogP contribution in [0.3, 0.4) is 0 Å². The van der Waals surface area contributed by atoms with Gasteiger partial charge in [-0.3, -0.25) is 4.79 Å². The second kappa shape index (κ2) is 6.97. The highest BCUT2D eigenvalue weighted by atomic mass is 16.5. The number of unbranched alkanes of at least 4 members (excludes halogenated alkanes) is 1. The van der Waals surface area contributed by atoms with Crippen molar-refractivity contribution in [1.82, 2.24) is 5.32 Å². The molecule has 1 aliphatic heterocycles. The van der Waals surface area contributed by atoms with Crippen LogP contribution in [0.15, 0.2) is 18.2 Å². The Balaban J connectivity index is 2.10. The minimum absolute atomic E-state index is 0.0583. The van der Waals surface area contributed by atoms with Crippen molar-refractivity contribution in [3.8, 4) is 5.75 Å². The highest BCUT2D eigenvalue weighted by molar-refractivity contribution is 5.94. The van der Waals surface area contributed by atoms with Gasteiger partial charge in [-0.1, -0.05) is 19.4 Å². The third-order valence-corrected chi connectivity index (χ3v) is 3.36. The predicted molar refractivity (Wildman–Crippen MR) is 79.0 cm³/mol. The number of carbonyl (C=O) groups is 2. The van der Waals surface area contributed by atoms with Crippen molar-refractivity contribution >= 4 is 17.6 Å². The van der Waals surface area contributed by atoms with Crippen molar-refractivity contribution in [3.05, 3.63) is 23.8 Å². The summed E-state index contributed by atoms with van der Waals surface area (Å²) in [4.78, 5) is 25.0. The van der Waals surface area contributed by atoms with Gasteiger partial charge >= 0.3 is 5.97 Å². The Bertz CT molecular complexity index is 530. The fraction of sp³-hybridized carbons (Fsp3) is 0.467. The summed E-state index contributed by atoms with van der Waals surface area (Å²) in [7, 11) is 0. The van der Waals surface area contributed by atoms with Crippen LogP contribution in [0.25, 0.3) is 0 Å². The molecule has 114 valence electrons. The smallest absolute Gasteiger partial charge is 0.339 e. The Morgan fingerprint density at radius 1 is 1.43 bits per heavy atom. The van der Waals surface area contributed by atoms with Gasteiger partial charge in [0, 0.05) is 6.54 Å². The number of rotatable bonds is 6. The molecule has 0 saturated heterocycles. The molecule has 0 fully saturated rings. The molecule has 21 heavy (non-hydrogen) atoms. The number of ether oxygens (including phenoxy) is 1. The summed E-state index contributed by atoms with van der Waals surface area (Å²) in [6.45, 7) is 3.89. The molecule has 0 bridgehead atoms. The highest BCUT2D eigenvalue weighted by Gasteiger charge is 2.24. The molecule has 0 unspecified atom stereocenters. The molecular weight excluding hydrogens is 272 g/mol. The Hall–Kier alpha value is -2.24. The number of hydrogen-bond acceptors (Lipinski definition) is 4.